The van der Waals surface area contributed by atoms with Gasteiger partial charge in [-0.2, -0.15) is 0 Å². The Kier molecular flexibility index (Phi) is 5.80. The Labute approximate surface area is 113 Å². The van der Waals surface area contributed by atoms with Crippen molar-refractivity contribution in [3.05, 3.63) is 29.3 Å². The van der Waals surface area contributed by atoms with Crippen molar-refractivity contribution in [2.45, 2.75) is 37.2 Å². The lowest BCUT2D eigenvalue weighted by Crippen LogP contribution is -2.51. The standard InChI is InChI=1S/C13H20ClNOS/c1-10(2)15-13(3,8-16)9-17-12-6-4-5-11(14)7-12/h4-7,10,15-16H,8-9H2,1-3H3. The van der Waals surface area contributed by atoms with Gasteiger partial charge in [0.05, 0.1) is 6.61 Å². The van der Waals surface area contributed by atoms with Gasteiger partial charge in [-0.05, 0) is 25.1 Å². The lowest BCUT2D eigenvalue weighted by Gasteiger charge is -2.30. The third kappa shape index (κ3) is 5.30. The SMILES string of the molecule is CC(C)NC(C)(CO)CSc1cccc(Cl)c1. The highest BCUT2D eigenvalue weighted by molar-refractivity contribution is 7.99. The molecule has 17 heavy (non-hydrogen) atoms. The molecule has 0 saturated heterocycles. The topological polar surface area (TPSA) is 32.3 Å². The zero-order valence-electron chi connectivity index (χ0n) is 10.5. The summed E-state index contributed by atoms with van der Waals surface area (Å²) in [5.74, 6) is 0.808. The minimum atomic E-state index is -0.263. The van der Waals surface area contributed by atoms with E-state index in [1.165, 1.54) is 0 Å². The predicted octanol–water partition coefficient (Wildman–Crippen LogP) is 3.18. The summed E-state index contributed by atoms with van der Waals surface area (Å²) in [6.07, 6.45) is 0. The Bertz CT molecular complexity index is 359. The summed E-state index contributed by atoms with van der Waals surface area (Å²) in [7, 11) is 0. The van der Waals surface area contributed by atoms with Crippen LogP contribution in [0.5, 0.6) is 0 Å². The van der Waals surface area contributed by atoms with Gasteiger partial charge in [-0.1, -0.05) is 31.5 Å². The zero-order valence-corrected chi connectivity index (χ0v) is 12.1. The fraction of sp³-hybridized carbons (Fsp3) is 0.538. The van der Waals surface area contributed by atoms with Crippen molar-refractivity contribution >= 4 is 23.4 Å². The highest BCUT2D eigenvalue weighted by atomic mass is 35.5. The van der Waals surface area contributed by atoms with E-state index < -0.39 is 0 Å². The van der Waals surface area contributed by atoms with Gasteiger partial charge in [-0.15, -0.1) is 11.8 Å². The van der Waals surface area contributed by atoms with Gasteiger partial charge >= 0.3 is 0 Å². The maximum Gasteiger partial charge on any atom is 0.0618 e. The van der Waals surface area contributed by atoms with Crippen LogP contribution in [0.2, 0.25) is 5.02 Å². The van der Waals surface area contributed by atoms with Crippen LogP contribution in [0, 0.1) is 0 Å². The van der Waals surface area contributed by atoms with E-state index in [9.17, 15) is 5.11 Å². The second-order valence-electron chi connectivity index (χ2n) is 4.76. The van der Waals surface area contributed by atoms with E-state index in [1.807, 2.05) is 31.2 Å². The molecule has 0 radical (unpaired) electrons. The minimum absolute atomic E-state index is 0.124. The Hall–Kier alpha value is -0.220. The number of thioether (sulfide) groups is 1. The molecule has 0 amide bonds. The maximum absolute atomic E-state index is 9.46. The summed E-state index contributed by atoms with van der Waals surface area (Å²) in [6, 6.07) is 8.13. The molecule has 0 heterocycles. The van der Waals surface area contributed by atoms with Crippen molar-refractivity contribution < 1.29 is 5.11 Å². The molecule has 1 aromatic rings. The van der Waals surface area contributed by atoms with E-state index in [4.69, 9.17) is 11.6 Å². The van der Waals surface area contributed by atoms with Crippen molar-refractivity contribution in [3.63, 3.8) is 0 Å². The second kappa shape index (κ2) is 6.64. The summed E-state index contributed by atoms with van der Waals surface area (Å²) in [4.78, 5) is 1.13. The molecule has 1 unspecified atom stereocenters. The largest absolute Gasteiger partial charge is 0.394 e. The van der Waals surface area contributed by atoms with E-state index in [0.29, 0.717) is 6.04 Å². The van der Waals surface area contributed by atoms with Gasteiger partial charge in [0.2, 0.25) is 0 Å². The fourth-order valence-electron chi connectivity index (χ4n) is 1.63. The van der Waals surface area contributed by atoms with Gasteiger partial charge in [-0.3, -0.25) is 0 Å². The van der Waals surface area contributed by atoms with Crippen LogP contribution in [0.25, 0.3) is 0 Å². The molecular weight excluding hydrogens is 254 g/mol. The van der Waals surface area contributed by atoms with Crippen LogP contribution in [0.15, 0.2) is 29.2 Å². The molecule has 0 fully saturated rings. The lowest BCUT2D eigenvalue weighted by molar-refractivity contribution is 0.183. The molecule has 1 rings (SSSR count). The molecule has 0 aliphatic heterocycles. The molecule has 1 atom stereocenters. The smallest absolute Gasteiger partial charge is 0.0618 e. The first-order valence-electron chi connectivity index (χ1n) is 5.72. The first kappa shape index (κ1) is 14.8. The number of halogens is 1. The number of benzene rings is 1. The predicted molar refractivity (Wildman–Crippen MR) is 75.9 cm³/mol. The molecule has 2 N–H and O–H groups in total. The summed E-state index contributed by atoms with van der Waals surface area (Å²) in [5.41, 5.74) is -0.263. The van der Waals surface area contributed by atoms with Gasteiger partial charge < -0.3 is 10.4 Å². The van der Waals surface area contributed by atoms with Crippen molar-refractivity contribution in [3.8, 4) is 0 Å². The second-order valence-corrected chi connectivity index (χ2v) is 6.25. The van der Waals surface area contributed by atoms with Crippen LogP contribution < -0.4 is 5.32 Å². The summed E-state index contributed by atoms with van der Waals surface area (Å²) in [5, 5.41) is 13.6. The van der Waals surface area contributed by atoms with Crippen molar-refractivity contribution in [1.29, 1.82) is 0 Å². The maximum atomic E-state index is 9.46. The third-order valence-electron chi connectivity index (χ3n) is 2.34. The van der Waals surface area contributed by atoms with E-state index >= 15 is 0 Å². The number of nitrogens with one attached hydrogen (secondary N) is 1. The Morgan fingerprint density at radius 2 is 2.18 bits per heavy atom. The average Bonchev–Trinajstić information content (AvgIpc) is 2.26. The van der Waals surface area contributed by atoms with Gasteiger partial charge in [0, 0.05) is 27.3 Å². The monoisotopic (exact) mass is 273 g/mol. The molecule has 0 bridgehead atoms. The molecule has 1 aromatic carbocycles. The molecule has 4 heteroatoms. The van der Waals surface area contributed by atoms with Crippen LogP contribution in [0.4, 0.5) is 0 Å². The van der Waals surface area contributed by atoms with E-state index in [1.54, 1.807) is 11.8 Å². The van der Waals surface area contributed by atoms with E-state index in [0.717, 1.165) is 15.7 Å². The van der Waals surface area contributed by atoms with Crippen molar-refractivity contribution in [2.75, 3.05) is 12.4 Å². The zero-order chi connectivity index (χ0) is 12.9. The number of hydrogen-bond donors (Lipinski definition) is 2. The van der Waals surface area contributed by atoms with E-state index in [2.05, 4.69) is 19.2 Å². The van der Waals surface area contributed by atoms with Crippen LogP contribution in [0.3, 0.4) is 0 Å². The van der Waals surface area contributed by atoms with Crippen LogP contribution in [-0.4, -0.2) is 29.0 Å². The highest BCUT2D eigenvalue weighted by Crippen LogP contribution is 2.25. The molecule has 0 saturated carbocycles. The Balaban J connectivity index is 2.58. The number of rotatable bonds is 6. The molecular formula is C13H20ClNOS. The quantitative estimate of drug-likeness (QED) is 0.781. The van der Waals surface area contributed by atoms with Gasteiger partial charge in [0.15, 0.2) is 0 Å². The van der Waals surface area contributed by atoms with Crippen LogP contribution >= 0.6 is 23.4 Å². The van der Waals surface area contributed by atoms with Gasteiger partial charge in [0.25, 0.3) is 0 Å². The molecule has 0 aromatic heterocycles. The van der Waals surface area contributed by atoms with Gasteiger partial charge in [-0.25, -0.2) is 0 Å². The third-order valence-corrected chi connectivity index (χ3v) is 3.94. The highest BCUT2D eigenvalue weighted by Gasteiger charge is 2.23. The molecule has 2 nitrogen and oxygen atoms in total. The first-order chi connectivity index (χ1) is 7.95. The molecule has 96 valence electrons. The van der Waals surface area contributed by atoms with Gasteiger partial charge in [0.1, 0.15) is 0 Å². The average molecular weight is 274 g/mol. The molecule has 0 spiro atoms. The summed E-state index contributed by atoms with van der Waals surface area (Å²) < 4.78 is 0. The summed E-state index contributed by atoms with van der Waals surface area (Å²) in [6.45, 7) is 6.32. The number of hydrogen-bond acceptors (Lipinski definition) is 3. The van der Waals surface area contributed by atoms with Crippen LogP contribution in [-0.2, 0) is 0 Å². The lowest BCUT2D eigenvalue weighted by atomic mass is 10.1. The van der Waals surface area contributed by atoms with Crippen LogP contribution in [0.1, 0.15) is 20.8 Å². The molecule has 0 aliphatic carbocycles. The normalized spacial score (nSPS) is 14.9. The molecule has 0 aliphatic rings. The summed E-state index contributed by atoms with van der Waals surface area (Å²) >= 11 is 7.64. The minimum Gasteiger partial charge on any atom is -0.394 e. The van der Waals surface area contributed by atoms with Crippen molar-refractivity contribution in [2.24, 2.45) is 0 Å². The van der Waals surface area contributed by atoms with E-state index in [-0.39, 0.29) is 12.1 Å². The number of aliphatic hydroxyl groups is 1. The fourth-order valence-corrected chi connectivity index (χ4v) is 2.93. The van der Waals surface area contributed by atoms with Crippen molar-refractivity contribution in [1.82, 2.24) is 5.32 Å². The Morgan fingerprint density at radius 3 is 2.71 bits per heavy atom. The number of aliphatic hydroxyl groups excluding tert-OH is 1. The first-order valence-corrected chi connectivity index (χ1v) is 7.08. The Morgan fingerprint density at radius 1 is 1.47 bits per heavy atom.